The quantitative estimate of drug-likeness (QED) is 0.475. The lowest BCUT2D eigenvalue weighted by Gasteiger charge is -2.61. The number of rotatable bonds is 4. The van der Waals surface area contributed by atoms with Crippen molar-refractivity contribution in [3.63, 3.8) is 0 Å². The molecule has 6 unspecified atom stereocenters. The van der Waals surface area contributed by atoms with E-state index >= 15 is 0 Å². The molecule has 4 N–H and O–H groups in total. The maximum absolute atomic E-state index is 11.6. The summed E-state index contributed by atoms with van der Waals surface area (Å²) in [6.07, 6.45) is 7.45. The van der Waals surface area contributed by atoms with Gasteiger partial charge in [0.15, 0.2) is 0 Å². The van der Waals surface area contributed by atoms with Gasteiger partial charge in [-0.05, 0) is 79.1 Å². The van der Waals surface area contributed by atoms with Crippen LogP contribution in [0.5, 0.6) is 0 Å². The van der Waals surface area contributed by atoms with Gasteiger partial charge in [-0.1, -0.05) is 59.3 Å². The van der Waals surface area contributed by atoms with Gasteiger partial charge >= 0.3 is 0 Å². The molecule has 0 heterocycles. The molecular weight excluding hydrogens is 400 g/mol. The van der Waals surface area contributed by atoms with Crippen molar-refractivity contribution in [1.29, 1.82) is 0 Å². The second-order valence-corrected chi connectivity index (χ2v) is 12.6. The first-order valence-corrected chi connectivity index (χ1v) is 13.0. The lowest BCUT2D eigenvalue weighted by Crippen LogP contribution is -2.67. The number of fused-ring (bicyclic) bond motifs is 4. The van der Waals surface area contributed by atoms with E-state index in [1.807, 2.05) is 0 Å². The van der Waals surface area contributed by atoms with Crippen molar-refractivity contribution < 1.29 is 20.4 Å². The van der Waals surface area contributed by atoms with Crippen molar-refractivity contribution in [1.82, 2.24) is 0 Å². The van der Waals surface area contributed by atoms with E-state index in [2.05, 4.69) is 53.7 Å². The second-order valence-electron chi connectivity index (χ2n) is 12.6. The summed E-state index contributed by atoms with van der Waals surface area (Å²) in [6, 6.07) is 0. The van der Waals surface area contributed by atoms with Gasteiger partial charge in [0.05, 0.1) is 6.10 Å². The average molecular weight is 447 g/mol. The van der Waals surface area contributed by atoms with Gasteiger partial charge in [-0.25, -0.2) is 0 Å². The monoisotopic (exact) mass is 446 g/mol. The van der Waals surface area contributed by atoms with Crippen LogP contribution in [0.4, 0.5) is 0 Å². The van der Waals surface area contributed by atoms with Crippen molar-refractivity contribution in [3.05, 3.63) is 23.3 Å². The lowest BCUT2D eigenvalue weighted by atomic mass is 9.47. The third-order valence-electron chi connectivity index (χ3n) is 10.7. The largest absolute Gasteiger partial charge is 0.393 e. The van der Waals surface area contributed by atoms with Gasteiger partial charge < -0.3 is 20.4 Å². The van der Waals surface area contributed by atoms with Gasteiger partial charge in [-0.2, -0.15) is 0 Å². The van der Waals surface area contributed by atoms with Gasteiger partial charge in [-0.3, -0.25) is 0 Å². The molecule has 4 heteroatoms. The zero-order valence-corrected chi connectivity index (χ0v) is 21.0. The predicted molar refractivity (Wildman–Crippen MR) is 128 cm³/mol. The van der Waals surface area contributed by atoms with Gasteiger partial charge in [0.1, 0.15) is 17.8 Å². The minimum atomic E-state index is -1.46. The van der Waals surface area contributed by atoms with Crippen LogP contribution in [0.15, 0.2) is 23.3 Å². The standard InChI is InChI=1S/C28H46O4/c1-16(2)17(3)7-8-18(4)20-9-10-21-23-22(12-13-26(20,21)5)27(6)14-11-19(29)15-28(27,32)25(31)24(23)30/h7-8,16-21,24-25,29-32H,9-15H2,1-6H3/t17?,18?,19?,20-,21+,24?,25?,26-,27-,28?/m1/s1. The molecule has 0 radical (unpaired) electrons. The van der Waals surface area contributed by atoms with Crippen LogP contribution in [0.3, 0.4) is 0 Å². The summed E-state index contributed by atoms with van der Waals surface area (Å²) in [5.74, 6) is 2.50. The third-order valence-corrected chi connectivity index (χ3v) is 10.7. The molecule has 0 saturated heterocycles. The molecule has 4 aliphatic carbocycles. The van der Waals surface area contributed by atoms with Crippen LogP contribution in [-0.4, -0.2) is 44.3 Å². The summed E-state index contributed by atoms with van der Waals surface area (Å²) in [4.78, 5) is 0. The van der Waals surface area contributed by atoms with E-state index < -0.39 is 29.3 Å². The van der Waals surface area contributed by atoms with Crippen molar-refractivity contribution in [2.45, 2.75) is 110 Å². The van der Waals surface area contributed by atoms with Gasteiger partial charge in [0, 0.05) is 11.8 Å². The maximum atomic E-state index is 11.6. The van der Waals surface area contributed by atoms with Crippen LogP contribution in [0.1, 0.15) is 86.5 Å². The van der Waals surface area contributed by atoms with Crippen molar-refractivity contribution in [2.75, 3.05) is 0 Å². The number of hydrogen-bond acceptors (Lipinski definition) is 4. The minimum Gasteiger partial charge on any atom is -0.393 e. The van der Waals surface area contributed by atoms with E-state index in [1.165, 1.54) is 5.57 Å². The summed E-state index contributed by atoms with van der Waals surface area (Å²) < 4.78 is 0. The number of aliphatic hydroxyl groups excluding tert-OH is 3. The summed E-state index contributed by atoms with van der Waals surface area (Å²) >= 11 is 0. The molecule has 182 valence electrons. The molecule has 0 aromatic carbocycles. The molecule has 0 amide bonds. The number of aliphatic hydroxyl groups is 4. The molecule has 2 fully saturated rings. The van der Waals surface area contributed by atoms with Crippen LogP contribution in [0, 0.1) is 40.4 Å². The van der Waals surface area contributed by atoms with Crippen LogP contribution < -0.4 is 0 Å². The van der Waals surface area contributed by atoms with E-state index in [-0.39, 0.29) is 17.8 Å². The molecule has 0 aliphatic heterocycles. The Kier molecular flexibility index (Phi) is 6.28. The molecule has 2 saturated carbocycles. The number of hydrogen-bond donors (Lipinski definition) is 4. The zero-order valence-electron chi connectivity index (χ0n) is 21.0. The predicted octanol–water partition coefficient (Wildman–Crippen LogP) is 4.61. The Morgan fingerprint density at radius 1 is 0.938 bits per heavy atom. The minimum absolute atomic E-state index is 0.102. The van der Waals surface area contributed by atoms with Crippen LogP contribution in [0.2, 0.25) is 0 Å². The highest BCUT2D eigenvalue weighted by atomic mass is 16.4. The van der Waals surface area contributed by atoms with Crippen molar-refractivity contribution in [3.8, 4) is 0 Å². The Labute approximate surface area is 194 Å². The third kappa shape index (κ3) is 3.39. The lowest BCUT2D eigenvalue weighted by molar-refractivity contribution is -0.216. The van der Waals surface area contributed by atoms with Crippen LogP contribution in [0.25, 0.3) is 0 Å². The molecule has 0 aromatic heterocycles. The van der Waals surface area contributed by atoms with Gasteiger partial charge in [-0.15, -0.1) is 0 Å². The SMILES string of the molecule is CC(C)C(C)C=CC(C)[C@H]1CC[C@H]2C3=C(CC[C@]12C)[C@@]1(C)CCC(O)CC1(O)C(O)C3O. The molecule has 4 rings (SSSR count). The zero-order chi connectivity index (χ0) is 23.6. The fourth-order valence-corrected chi connectivity index (χ4v) is 8.08. The van der Waals surface area contributed by atoms with Crippen LogP contribution >= 0.6 is 0 Å². The highest BCUT2D eigenvalue weighted by Crippen LogP contribution is 2.66. The highest BCUT2D eigenvalue weighted by molar-refractivity contribution is 5.41. The molecule has 0 spiro atoms. The second kappa shape index (κ2) is 8.22. The molecule has 0 aromatic rings. The van der Waals surface area contributed by atoms with E-state index in [4.69, 9.17) is 0 Å². The Morgan fingerprint density at radius 2 is 1.62 bits per heavy atom. The van der Waals surface area contributed by atoms with Crippen molar-refractivity contribution in [2.24, 2.45) is 40.4 Å². The number of allylic oxidation sites excluding steroid dienone is 2. The fraction of sp³-hybridized carbons (Fsp3) is 0.857. The fourth-order valence-electron chi connectivity index (χ4n) is 8.08. The summed E-state index contributed by atoms with van der Waals surface area (Å²) in [5, 5.41) is 44.4. The van der Waals surface area contributed by atoms with E-state index in [0.717, 1.165) is 31.3 Å². The Hall–Kier alpha value is -0.680. The topological polar surface area (TPSA) is 80.9 Å². The van der Waals surface area contributed by atoms with Gasteiger partial charge in [0.25, 0.3) is 0 Å². The van der Waals surface area contributed by atoms with Gasteiger partial charge in [0.2, 0.25) is 0 Å². The van der Waals surface area contributed by atoms with E-state index in [0.29, 0.717) is 36.5 Å². The average Bonchev–Trinajstić information content (AvgIpc) is 3.09. The Morgan fingerprint density at radius 3 is 2.28 bits per heavy atom. The van der Waals surface area contributed by atoms with Crippen molar-refractivity contribution >= 4 is 0 Å². The first-order chi connectivity index (χ1) is 14.9. The summed E-state index contributed by atoms with van der Waals surface area (Å²) in [5.41, 5.74) is 0.286. The first kappa shape index (κ1) is 24.4. The first-order valence-electron chi connectivity index (χ1n) is 13.0. The Balaban J connectivity index is 1.68. The normalized spacial score (nSPS) is 48.5. The molecule has 4 nitrogen and oxygen atoms in total. The molecule has 32 heavy (non-hydrogen) atoms. The summed E-state index contributed by atoms with van der Waals surface area (Å²) in [7, 11) is 0. The Bertz CT molecular complexity index is 786. The maximum Gasteiger partial charge on any atom is 0.113 e. The molecule has 4 aliphatic rings. The van der Waals surface area contributed by atoms with Crippen LogP contribution in [-0.2, 0) is 0 Å². The summed E-state index contributed by atoms with van der Waals surface area (Å²) in [6.45, 7) is 13.6. The van der Waals surface area contributed by atoms with E-state index in [9.17, 15) is 20.4 Å². The molecular formula is C28H46O4. The smallest absolute Gasteiger partial charge is 0.113 e. The highest BCUT2D eigenvalue weighted by Gasteiger charge is 2.65. The van der Waals surface area contributed by atoms with E-state index in [1.54, 1.807) is 0 Å². The molecule has 0 bridgehead atoms. The molecule has 10 atom stereocenters.